The topological polar surface area (TPSA) is 49.9 Å². The third-order valence-corrected chi connectivity index (χ3v) is 2.13. The number of alkyl halides is 2. The molecule has 5 heteroatoms. The molecule has 0 unspecified atom stereocenters. The van der Waals surface area contributed by atoms with E-state index in [9.17, 15) is 8.78 Å². The number of hydrogen-bond acceptors (Lipinski definition) is 1. The van der Waals surface area contributed by atoms with Crippen molar-refractivity contribution in [2.75, 3.05) is 0 Å². The Morgan fingerprint density at radius 1 is 1.43 bits per heavy atom. The first kappa shape index (κ1) is 10.9. The first-order valence-corrected chi connectivity index (χ1v) is 4.27. The molecule has 0 radical (unpaired) electrons. The molecule has 0 aliphatic heterocycles. The van der Waals surface area contributed by atoms with Crippen LogP contribution in [-0.2, 0) is 6.42 Å². The largest absolute Gasteiger partial charge is 0.383 e. The summed E-state index contributed by atoms with van der Waals surface area (Å²) in [4.78, 5) is 0. The van der Waals surface area contributed by atoms with Gasteiger partial charge in [-0.1, -0.05) is 29.8 Å². The van der Waals surface area contributed by atoms with Crippen molar-refractivity contribution in [3.8, 4) is 0 Å². The first-order valence-electron chi connectivity index (χ1n) is 3.89. The minimum absolute atomic E-state index is 0.258. The molecular formula is C9H9ClF2N2. The van der Waals surface area contributed by atoms with Crippen molar-refractivity contribution in [1.29, 1.82) is 5.41 Å². The highest BCUT2D eigenvalue weighted by Gasteiger charge is 2.33. The maximum Gasteiger partial charge on any atom is 0.307 e. The van der Waals surface area contributed by atoms with E-state index >= 15 is 0 Å². The summed E-state index contributed by atoms with van der Waals surface area (Å²) in [5, 5.41) is 6.96. The molecule has 0 aromatic heterocycles. The van der Waals surface area contributed by atoms with Gasteiger partial charge in [0.25, 0.3) is 0 Å². The van der Waals surface area contributed by atoms with Gasteiger partial charge in [-0.25, -0.2) is 0 Å². The molecule has 1 rings (SSSR count). The highest BCUT2D eigenvalue weighted by Crippen LogP contribution is 2.24. The average Bonchev–Trinajstić information content (AvgIpc) is 2.08. The lowest BCUT2D eigenvalue weighted by Crippen LogP contribution is -2.36. The first-order chi connectivity index (χ1) is 6.43. The molecule has 3 N–H and O–H groups in total. The van der Waals surface area contributed by atoms with Gasteiger partial charge in [-0.05, 0) is 11.6 Å². The molecule has 0 bridgehead atoms. The number of nitrogens with one attached hydrogen (secondary N) is 1. The van der Waals surface area contributed by atoms with Gasteiger partial charge in [0, 0.05) is 11.4 Å². The standard InChI is InChI=1S/C9H9ClF2N2/c10-7-4-2-1-3-6(7)5-9(11,12)8(13)14/h1-4H,5H2,(H3,13,14). The summed E-state index contributed by atoms with van der Waals surface area (Å²) < 4.78 is 26.0. The molecule has 0 heterocycles. The summed E-state index contributed by atoms with van der Waals surface area (Å²) >= 11 is 5.69. The fourth-order valence-corrected chi connectivity index (χ4v) is 1.18. The quantitative estimate of drug-likeness (QED) is 0.594. The lowest BCUT2D eigenvalue weighted by atomic mass is 10.1. The molecule has 0 saturated heterocycles. The van der Waals surface area contributed by atoms with Crippen LogP contribution in [0.2, 0.25) is 5.02 Å². The molecule has 0 amide bonds. The molecule has 76 valence electrons. The molecule has 0 atom stereocenters. The smallest absolute Gasteiger partial charge is 0.307 e. The molecular weight excluding hydrogens is 210 g/mol. The third-order valence-electron chi connectivity index (χ3n) is 1.76. The maximum absolute atomic E-state index is 13.0. The summed E-state index contributed by atoms with van der Waals surface area (Å²) in [5.41, 5.74) is 5.04. The minimum atomic E-state index is -3.33. The number of halogens is 3. The van der Waals surface area contributed by atoms with Crippen molar-refractivity contribution in [3.63, 3.8) is 0 Å². The molecule has 1 aromatic carbocycles. The maximum atomic E-state index is 13.0. The van der Waals surface area contributed by atoms with E-state index in [1.165, 1.54) is 12.1 Å². The van der Waals surface area contributed by atoms with E-state index in [0.717, 1.165) is 0 Å². The predicted molar refractivity (Wildman–Crippen MR) is 52.0 cm³/mol. The monoisotopic (exact) mass is 218 g/mol. The van der Waals surface area contributed by atoms with Crippen LogP contribution in [0.5, 0.6) is 0 Å². The van der Waals surface area contributed by atoms with E-state index in [0.29, 0.717) is 0 Å². The van der Waals surface area contributed by atoms with E-state index in [1.54, 1.807) is 12.1 Å². The van der Waals surface area contributed by atoms with Gasteiger partial charge in [0.05, 0.1) is 0 Å². The second-order valence-electron chi connectivity index (χ2n) is 2.89. The molecule has 0 aliphatic carbocycles. The van der Waals surface area contributed by atoms with Crippen molar-refractivity contribution in [1.82, 2.24) is 0 Å². The number of amidine groups is 1. The van der Waals surface area contributed by atoms with Gasteiger partial charge in [0.2, 0.25) is 0 Å². The van der Waals surface area contributed by atoms with Gasteiger partial charge in [-0.3, -0.25) is 5.41 Å². The Balaban J connectivity index is 2.89. The second-order valence-corrected chi connectivity index (χ2v) is 3.29. The van der Waals surface area contributed by atoms with E-state index in [1.807, 2.05) is 0 Å². The van der Waals surface area contributed by atoms with Crippen LogP contribution in [0.1, 0.15) is 5.56 Å². The van der Waals surface area contributed by atoms with Gasteiger partial charge < -0.3 is 5.73 Å². The fourth-order valence-electron chi connectivity index (χ4n) is 0.976. The van der Waals surface area contributed by atoms with Gasteiger partial charge in [-0.2, -0.15) is 8.78 Å². The summed E-state index contributed by atoms with van der Waals surface area (Å²) in [6.07, 6.45) is -0.637. The zero-order valence-electron chi connectivity index (χ0n) is 7.23. The van der Waals surface area contributed by atoms with Gasteiger partial charge in [-0.15, -0.1) is 0 Å². The molecule has 0 fully saturated rings. The number of rotatable bonds is 3. The average molecular weight is 219 g/mol. The Kier molecular flexibility index (Phi) is 3.06. The van der Waals surface area contributed by atoms with Crippen LogP contribution in [0, 0.1) is 5.41 Å². The lowest BCUT2D eigenvalue weighted by Gasteiger charge is -2.14. The third kappa shape index (κ3) is 2.42. The van der Waals surface area contributed by atoms with Crippen LogP contribution in [0.3, 0.4) is 0 Å². The molecule has 2 nitrogen and oxygen atoms in total. The van der Waals surface area contributed by atoms with E-state index in [2.05, 4.69) is 0 Å². The zero-order valence-corrected chi connectivity index (χ0v) is 7.98. The SMILES string of the molecule is N=C(N)C(F)(F)Cc1ccccc1Cl. The number of benzene rings is 1. The van der Waals surface area contributed by atoms with Crippen molar-refractivity contribution in [2.45, 2.75) is 12.3 Å². The normalized spacial score (nSPS) is 11.4. The van der Waals surface area contributed by atoms with Crippen LogP contribution >= 0.6 is 11.6 Å². The highest BCUT2D eigenvalue weighted by atomic mass is 35.5. The summed E-state index contributed by atoms with van der Waals surface area (Å²) in [6.45, 7) is 0. The van der Waals surface area contributed by atoms with Crippen LogP contribution in [0.25, 0.3) is 0 Å². The molecule has 1 aromatic rings. The summed E-state index contributed by atoms with van der Waals surface area (Å²) in [6, 6.07) is 6.27. The zero-order chi connectivity index (χ0) is 10.8. The fraction of sp³-hybridized carbons (Fsp3) is 0.222. The molecule has 0 saturated carbocycles. The highest BCUT2D eigenvalue weighted by molar-refractivity contribution is 6.31. The Hall–Kier alpha value is -1.16. The van der Waals surface area contributed by atoms with Gasteiger partial charge >= 0.3 is 5.92 Å². The van der Waals surface area contributed by atoms with E-state index < -0.39 is 18.2 Å². The van der Waals surface area contributed by atoms with Gasteiger partial charge in [0.15, 0.2) is 5.84 Å². The van der Waals surface area contributed by atoms with Crippen LogP contribution in [-0.4, -0.2) is 11.8 Å². The second kappa shape index (κ2) is 3.92. The summed E-state index contributed by atoms with van der Waals surface area (Å²) in [7, 11) is 0. The van der Waals surface area contributed by atoms with Crippen molar-refractivity contribution >= 4 is 17.4 Å². The minimum Gasteiger partial charge on any atom is -0.383 e. The molecule has 14 heavy (non-hydrogen) atoms. The molecule has 0 aliphatic rings. The molecule has 0 spiro atoms. The van der Waals surface area contributed by atoms with E-state index in [-0.39, 0.29) is 10.6 Å². The van der Waals surface area contributed by atoms with Crippen LogP contribution < -0.4 is 5.73 Å². The van der Waals surface area contributed by atoms with Crippen molar-refractivity contribution < 1.29 is 8.78 Å². The Morgan fingerprint density at radius 2 is 2.00 bits per heavy atom. The Morgan fingerprint density at radius 3 is 2.50 bits per heavy atom. The van der Waals surface area contributed by atoms with Crippen LogP contribution in [0.4, 0.5) is 8.78 Å². The Bertz CT molecular complexity index is 352. The lowest BCUT2D eigenvalue weighted by molar-refractivity contribution is 0.0762. The van der Waals surface area contributed by atoms with Crippen molar-refractivity contribution in [2.24, 2.45) is 5.73 Å². The van der Waals surface area contributed by atoms with Crippen LogP contribution in [0.15, 0.2) is 24.3 Å². The van der Waals surface area contributed by atoms with Crippen molar-refractivity contribution in [3.05, 3.63) is 34.9 Å². The number of nitrogens with two attached hydrogens (primary N) is 1. The Labute approximate surface area is 85.2 Å². The van der Waals surface area contributed by atoms with E-state index in [4.69, 9.17) is 22.7 Å². The summed E-state index contributed by atoms with van der Waals surface area (Å²) in [5.74, 6) is -4.47. The number of hydrogen-bond donors (Lipinski definition) is 2. The predicted octanol–water partition coefficient (Wildman–Crippen LogP) is 2.45. The van der Waals surface area contributed by atoms with Gasteiger partial charge in [0.1, 0.15) is 0 Å².